The number of nitrogens with two attached hydrogens (primary N) is 1. The average Bonchev–Trinajstić information content (AvgIpc) is 2.68. The van der Waals surface area contributed by atoms with Crippen LogP contribution in [0, 0.1) is 5.82 Å². The van der Waals surface area contributed by atoms with Gasteiger partial charge in [-0.2, -0.15) is 0 Å². The number of guanidine groups is 1. The molecule has 0 unspecified atom stereocenters. The van der Waals surface area contributed by atoms with E-state index in [1.54, 1.807) is 32.4 Å². The fraction of sp³-hybridized carbons (Fsp3) is 0.350. The maximum Gasteiger partial charge on any atom is 0.193 e. The summed E-state index contributed by atoms with van der Waals surface area (Å²) in [6.45, 7) is 5.80. The Morgan fingerprint density at radius 2 is 1.78 bits per heavy atom. The van der Waals surface area contributed by atoms with Crippen LogP contribution in [0.4, 0.5) is 15.8 Å². The highest BCUT2D eigenvalue weighted by Crippen LogP contribution is 2.29. The first-order valence-corrected chi connectivity index (χ1v) is 8.84. The van der Waals surface area contributed by atoms with Gasteiger partial charge < -0.3 is 25.4 Å². The average molecular weight is 374 g/mol. The summed E-state index contributed by atoms with van der Waals surface area (Å²) in [5.74, 6) is 1.19. The van der Waals surface area contributed by atoms with Gasteiger partial charge in [-0.25, -0.2) is 9.38 Å². The van der Waals surface area contributed by atoms with Crippen LogP contribution in [0.15, 0.2) is 41.4 Å². The normalized spacial score (nSPS) is 11.2. The predicted molar refractivity (Wildman–Crippen MR) is 108 cm³/mol. The van der Waals surface area contributed by atoms with Gasteiger partial charge in [0.2, 0.25) is 0 Å². The zero-order valence-corrected chi connectivity index (χ0v) is 16.3. The van der Waals surface area contributed by atoms with Gasteiger partial charge in [0, 0.05) is 24.8 Å². The van der Waals surface area contributed by atoms with E-state index in [0.29, 0.717) is 17.2 Å². The molecule has 0 saturated heterocycles. The fourth-order valence-electron chi connectivity index (χ4n) is 2.75. The van der Waals surface area contributed by atoms with Crippen LogP contribution < -0.4 is 25.4 Å². The number of aliphatic imine (C=N–C) groups is 1. The fourth-order valence-corrected chi connectivity index (χ4v) is 2.75. The van der Waals surface area contributed by atoms with Gasteiger partial charge in [-0.3, -0.25) is 0 Å². The van der Waals surface area contributed by atoms with Crippen LogP contribution in [-0.2, 0) is 6.54 Å². The van der Waals surface area contributed by atoms with Crippen molar-refractivity contribution < 1.29 is 13.9 Å². The molecule has 0 aliphatic rings. The molecule has 7 heteroatoms. The quantitative estimate of drug-likeness (QED) is 0.545. The highest BCUT2D eigenvalue weighted by atomic mass is 19.1. The van der Waals surface area contributed by atoms with E-state index in [0.717, 1.165) is 24.3 Å². The Bertz CT molecular complexity index is 792. The molecule has 146 valence electrons. The van der Waals surface area contributed by atoms with E-state index < -0.39 is 0 Å². The summed E-state index contributed by atoms with van der Waals surface area (Å²) in [4.78, 5) is 6.24. The Morgan fingerprint density at radius 3 is 2.37 bits per heavy atom. The first kappa shape index (κ1) is 20.4. The summed E-state index contributed by atoms with van der Waals surface area (Å²) in [6.07, 6.45) is 0. The Morgan fingerprint density at radius 1 is 1.07 bits per heavy atom. The van der Waals surface area contributed by atoms with Crippen molar-refractivity contribution in [3.8, 4) is 11.5 Å². The molecule has 0 bridgehead atoms. The summed E-state index contributed by atoms with van der Waals surface area (Å²) in [7, 11) is 3.14. The van der Waals surface area contributed by atoms with Crippen LogP contribution in [0.1, 0.15) is 19.4 Å². The van der Waals surface area contributed by atoms with E-state index in [4.69, 9.17) is 15.2 Å². The summed E-state index contributed by atoms with van der Waals surface area (Å²) in [5, 5.41) is 2.99. The molecule has 0 saturated carbocycles. The number of benzene rings is 2. The molecule has 2 aromatic carbocycles. The largest absolute Gasteiger partial charge is 0.493 e. The number of anilines is 2. The lowest BCUT2D eigenvalue weighted by Gasteiger charge is -2.21. The Kier molecular flexibility index (Phi) is 7.28. The molecule has 27 heavy (non-hydrogen) atoms. The highest BCUT2D eigenvalue weighted by Gasteiger charge is 2.09. The molecular weight excluding hydrogens is 347 g/mol. The predicted octanol–water partition coefficient (Wildman–Crippen LogP) is 3.62. The second-order valence-corrected chi connectivity index (χ2v) is 5.85. The number of nitrogens with zero attached hydrogens (tertiary/aromatic N) is 2. The van der Waals surface area contributed by atoms with Gasteiger partial charge in [-0.05, 0) is 43.7 Å². The third kappa shape index (κ3) is 5.26. The van der Waals surface area contributed by atoms with Gasteiger partial charge in [-0.1, -0.05) is 6.07 Å². The van der Waals surface area contributed by atoms with Crippen LogP contribution in [0.5, 0.6) is 11.5 Å². The van der Waals surface area contributed by atoms with Crippen molar-refractivity contribution in [1.82, 2.24) is 0 Å². The molecule has 2 rings (SSSR count). The van der Waals surface area contributed by atoms with E-state index in [9.17, 15) is 4.39 Å². The molecular formula is C20H27FN4O2. The smallest absolute Gasteiger partial charge is 0.193 e. The second-order valence-electron chi connectivity index (χ2n) is 5.85. The Hall–Kier alpha value is -2.96. The van der Waals surface area contributed by atoms with E-state index in [1.165, 1.54) is 6.07 Å². The summed E-state index contributed by atoms with van der Waals surface area (Å²) >= 11 is 0. The molecule has 3 N–H and O–H groups in total. The van der Waals surface area contributed by atoms with Crippen LogP contribution in [-0.4, -0.2) is 33.3 Å². The van der Waals surface area contributed by atoms with Gasteiger partial charge in [0.05, 0.1) is 26.5 Å². The van der Waals surface area contributed by atoms with Crippen LogP contribution in [0.3, 0.4) is 0 Å². The number of hydrogen-bond acceptors (Lipinski definition) is 4. The molecule has 0 fully saturated rings. The van der Waals surface area contributed by atoms with Gasteiger partial charge in [-0.15, -0.1) is 0 Å². The summed E-state index contributed by atoms with van der Waals surface area (Å²) in [6, 6.07) is 10.5. The van der Waals surface area contributed by atoms with Crippen molar-refractivity contribution in [3.05, 3.63) is 47.8 Å². The third-order valence-electron chi connectivity index (χ3n) is 4.20. The third-order valence-corrected chi connectivity index (χ3v) is 4.20. The van der Waals surface area contributed by atoms with Gasteiger partial charge in [0.15, 0.2) is 17.5 Å². The minimum atomic E-state index is -0.252. The van der Waals surface area contributed by atoms with Crippen molar-refractivity contribution >= 4 is 17.3 Å². The Balaban J connectivity index is 2.06. The molecule has 6 nitrogen and oxygen atoms in total. The van der Waals surface area contributed by atoms with Crippen molar-refractivity contribution in [2.24, 2.45) is 10.7 Å². The van der Waals surface area contributed by atoms with Crippen molar-refractivity contribution in [2.75, 3.05) is 37.5 Å². The lowest BCUT2D eigenvalue weighted by Crippen LogP contribution is -2.23. The summed E-state index contributed by atoms with van der Waals surface area (Å²) < 4.78 is 24.8. The molecule has 2 aromatic rings. The van der Waals surface area contributed by atoms with Crippen LogP contribution in [0.25, 0.3) is 0 Å². The van der Waals surface area contributed by atoms with Crippen molar-refractivity contribution in [2.45, 2.75) is 20.4 Å². The lowest BCUT2D eigenvalue weighted by molar-refractivity contribution is 0.355. The monoisotopic (exact) mass is 374 g/mol. The number of rotatable bonds is 8. The minimum absolute atomic E-state index is 0.232. The van der Waals surface area contributed by atoms with Crippen molar-refractivity contribution in [3.63, 3.8) is 0 Å². The standard InChI is InChI=1S/C20H27FN4O2/c1-5-25(6-2)17-9-7-14(11-16(17)21)13-23-20(22)24-15-8-10-18(26-3)19(12-15)27-4/h7-12H,5-6,13H2,1-4H3,(H3,22,23,24). The number of methoxy groups -OCH3 is 2. The summed E-state index contributed by atoms with van der Waals surface area (Å²) in [5.41, 5.74) is 8.01. The minimum Gasteiger partial charge on any atom is -0.493 e. The lowest BCUT2D eigenvalue weighted by atomic mass is 10.2. The van der Waals surface area contributed by atoms with Crippen molar-refractivity contribution in [1.29, 1.82) is 0 Å². The van der Waals surface area contributed by atoms with E-state index >= 15 is 0 Å². The molecule has 0 spiro atoms. The van der Waals surface area contributed by atoms with Crippen LogP contribution in [0.2, 0.25) is 0 Å². The maximum atomic E-state index is 14.3. The SMILES string of the molecule is CCN(CC)c1ccc(CN=C(N)Nc2ccc(OC)c(OC)c2)cc1F. The number of ether oxygens (including phenoxy) is 2. The number of hydrogen-bond donors (Lipinski definition) is 2. The Labute approximate surface area is 159 Å². The van der Waals surface area contributed by atoms with E-state index in [-0.39, 0.29) is 18.3 Å². The zero-order valence-electron chi connectivity index (χ0n) is 16.3. The molecule has 0 atom stereocenters. The van der Waals surface area contributed by atoms with E-state index in [1.807, 2.05) is 30.9 Å². The molecule has 0 amide bonds. The van der Waals surface area contributed by atoms with Gasteiger partial charge in [0.25, 0.3) is 0 Å². The molecule has 0 heterocycles. The molecule has 0 aliphatic carbocycles. The molecule has 0 aliphatic heterocycles. The first-order valence-electron chi connectivity index (χ1n) is 8.84. The maximum absolute atomic E-state index is 14.3. The highest BCUT2D eigenvalue weighted by molar-refractivity contribution is 5.92. The van der Waals surface area contributed by atoms with Gasteiger partial charge in [0.1, 0.15) is 5.82 Å². The number of nitrogens with one attached hydrogen (secondary N) is 1. The van der Waals surface area contributed by atoms with Crippen LogP contribution >= 0.6 is 0 Å². The second kappa shape index (κ2) is 9.66. The van der Waals surface area contributed by atoms with E-state index in [2.05, 4.69) is 10.3 Å². The molecule has 0 aromatic heterocycles. The number of halogens is 1. The first-order chi connectivity index (χ1) is 13.0. The topological polar surface area (TPSA) is 72.1 Å². The zero-order chi connectivity index (χ0) is 19.8. The molecule has 0 radical (unpaired) electrons. The van der Waals surface area contributed by atoms with Gasteiger partial charge >= 0.3 is 0 Å².